The normalized spacial score (nSPS) is 22.0. The maximum atomic E-state index is 12.1. The number of thioether (sulfide) groups is 1. The molecule has 1 aliphatic heterocycles. The van der Waals surface area contributed by atoms with Crippen molar-refractivity contribution in [3.63, 3.8) is 0 Å². The van der Waals surface area contributed by atoms with E-state index in [1.807, 2.05) is 11.8 Å². The highest BCUT2D eigenvalue weighted by Crippen LogP contribution is 2.37. The van der Waals surface area contributed by atoms with E-state index in [9.17, 15) is 9.59 Å². The first-order valence-corrected chi connectivity index (χ1v) is 7.93. The summed E-state index contributed by atoms with van der Waals surface area (Å²) in [6.45, 7) is 3.01. The third-order valence-corrected chi connectivity index (χ3v) is 5.56. The number of hydrogen-bond donors (Lipinski definition) is 2. The molecule has 21 heavy (non-hydrogen) atoms. The molecule has 2 aromatic heterocycles. The molecule has 3 rings (SSSR count). The summed E-state index contributed by atoms with van der Waals surface area (Å²) < 4.78 is 2.67. The molecule has 7 nitrogen and oxygen atoms in total. The minimum Gasteiger partial charge on any atom is -0.354 e. The zero-order chi connectivity index (χ0) is 15.2. The van der Waals surface area contributed by atoms with Crippen molar-refractivity contribution in [2.45, 2.75) is 24.5 Å². The van der Waals surface area contributed by atoms with Gasteiger partial charge in [0, 0.05) is 25.4 Å². The van der Waals surface area contributed by atoms with Crippen molar-refractivity contribution in [1.29, 1.82) is 0 Å². The number of aryl methyl sites for hydroxylation is 1. The summed E-state index contributed by atoms with van der Waals surface area (Å²) in [6.07, 6.45) is 2.41. The predicted octanol–water partition coefficient (Wildman–Crippen LogP) is 0.658. The number of H-pyrrole nitrogens is 1. The summed E-state index contributed by atoms with van der Waals surface area (Å²) in [6, 6.07) is 0. The number of nitrogens with zero attached hydrogens (tertiary/aromatic N) is 3. The zero-order valence-corrected chi connectivity index (χ0v) is 13.2. The summed E-state index contributed by atoms with van der Waals surface area (Å²) in [5.41, 5.74) is 0.0140. The Balaban J connectivity index is 1.95. The van der Waals surface area contributed by atoms with Gasteiger partial charge in [-0.15, -0.1) is 0 Å². The number of aromatic amines is 1. The summed E-state index contributed by atoms with van der Waals surface area (Å²) in [5, 5.41) is 3.26. The van der Waals surface area contributed by atoms with Crippen molar-refractivity contribution in [2.75, 3.05) is 17.6 Å². The fourth-order valence-electron chi connectivity index (χ4n) is 2.66. The molecule has 0 bridgehead atoms. The molecule has 114 valence electrons. The van der Waals surface area contributed by atoms with Crippen LogP contribution in [-0.4, -0.2) is 36.1 Å². The number of anilines is 1. The Kier molecular flexibility index (Phi) is 3.35. The molecule has 0 aliphatic carbocycles. The lowest BCUT2D eigenvalue weighted by Gasteiger charge is -2.22. The summed E-state index contributed by atoms with van der Waals surface area (Å²) in [4.78, 5) is 31.3. The van der Waals surface area contributed by atoms with Gasteiger partial charge in [0.1, 0.15) is 0 Å². The van der Waals surface area contributed by atoms with E-state index in [1.165, 1.54) is 30.2 Å². The monoisotopic (exact) mass is 309 g/mol. The first-order chi connectivity index (χ1) is 9.91. The van der Waals surface area contributed by atoms with E-state index in [0.717, 1.165) is 11.1 Å². The van der Waals surface area contributed by atoms with Crippen LogP contribution in [0.1, 0.15) is 19.8 Å². The van der Waals surface area contributed by atoms with Crippen molar-refractivity contribution >= 4 is 28.9 Å². The SMILES string of the molecule is Cn1c(=O)c2[nH]c(NCC3(C)CCCS3)nc2n(C)c1=O. The Morgan fingerprint density at radius 2 is 2.14 bits per heavy atom. The van der Waals surface area contributed by atoms with Gasteiger partial charge in [0.2, 0.25) is 5.95 Å². The van der Waals surface area contributed by atoms with Gasteiger partial charge in [-0.25, -0.2) is 4.79 Å². The van der Waals surface area contributed by atoms with Crippen LogP contribution in [0.2, 0.25) is 0 Å². The Labute approximate surface area is 125 Å². The molecule has 0 aromatic carbocycles. The highest BCUT2D eigenvalue weighted by atomic mass is 32.2. The van der Waals surface area contributed by atoms with Gasteiger partial charge in [-0.3, -0.25) is 13.9 Å². The summed E-state index contributed by atoms with van der Waals surface area (Å²) in [5.74, 6) is 1.73. The van der Waals surface area contributed by atoms with Gasteiger partial charge >= 0.3 is 5.69 Å². The fourth-order valence-corrected chi connectivity index (χ4v) is 3.90. The maximum absolute atomic E-state index is 12.1. The van der Waals surface area contributed by atoms with Gasteiger partial charge in [-0.05, 0) is 25.5 Å². The second-order valence-corrected chi connectivity index (χ2v) is 7.43. The van der Waals surface area contributed by atoms with Crippen molar-refractivity contribution in [3.8, 4) is 0 Å². The lowest BCUT2D eigenvalue weighted by Crippen LogP contribution is -2.36. The standard InChI is InChI=1S/C13H19N5O2S/c1-13(5-4-6-21-13)7-14-11-15-8-9(16-11)17(2)12(20)18(3)10(8)19/h4-7H2,1-3H3,(H2,14,15,16). The van der Waals surface area contributed by atoms with Crippen LogP contribution in [0.5, 0.6) is 0 Å². The second kappa shape index (κ2) is 4.94. The van der Waals surface area contributed by atoms with Crippen molar-refractivity contribution in [1.82, 2.24) is 19.1 Å². The number of fused-ring (bicyclic) bond motifs is 1. The van der Waals surface area contributed by atoms with Crippen LogP contribution in [0, 0.1) is 0 Å². The third kappa shape index (κ3) is 2.37. The Morgan fingerprint density at radius 3 is 2.81 bits per heavy atom. The molecular formula is C13H19N5O2S. The van der Waals surface area contributed by atoms with Gasteiger partial charge in [-0.1, -0.05) is 0 Å². The number of nitrogens with one attached hydrogen (secondary N) is 2. The van der Waals surface area contributed by atoms with Gasteiger partial charge < -0.3 is 10.3 Å². The van der Waals surface area contributed by atoms with Crippen LogP contribution in [0.15, 0.2) is 9.59 Å². The quantitative estimate of drug-likeness (QED) is 0.870. The molecule has 1 unspecified atom stereocenters. The van der Waals surface area contributed by atoms with Gasteiger partial charge in [0.05, 0.1) is 0 Å². The van der Waals surface area contributed by atoms with E-state index < -0.39 is 0 Å². The molecule has 1 saturated heterocycles. The van der Waals surface area contributed by atoms with Crippen LogP contribution in [0.25, 0.3) is 11.2 Å². The second-order valence-electron chi connectivity index (χ2n) is 5.75. The number of imidazole rings is 1. The lowest BCUT2D eigenvalue weighted by atomic mass is 10.1. The van der Waals surface area contributed by atoms with Crippen LogP contribution < -0.4 is 16.6 Å². The molecule has 3 heterocycles. The molecule has 1 atom stereocenters. The fraction of sp³-hybridized carbons (Fsp3) is 0.615. The largest absolute Gasteiger partial charge is 0.354 e. The minimum absolute atomic E-state index is 0.204. The average molecular weight is 309 g/mol. The zero-order valence-electron chi connectivity index (χ0n) is 12.4. The Bertz CT molecular complexity index is 797. The predicted molar refractivity (Wildman–Crippen MR) is 85.2 cm³/mol. The third-order valence-electron chi connectivity index (χ3n) is 4.03. The van der Waals surface area contributed by atoms with E-state index in [1.54, 1.807) is 7.05 Å². The number of hydrogen-bond acceptors (Lipinski definition) is 5. The molecule has 0 radical (unpaired) electrons. The number of rotatable bonds is 3. The lowest BCUT2D eigenvalue weighted by molar-refractivity contribution is 0.633. The highest BCUT2D eigenvalue weighted by Gasteiger charge is 2.29. The smallest absolute Gasteiger partial charge is 0.332 e. The van der Waals surface area contributed by atoms with Crippen molar-refractivity contribution in [3.05, 3.63) is 20.8 Å². The van der Waals surface area contributed by atoms with Gasteiger partial charge in [0.15, 0.2) is 11.2 Å². The van der Waals surface area contributed by atoms with Crippen molar-refractivity contribution < 1.29 is 0 Å². The highest BCUT2D eigenvalue weighted by molar-refractivity contribution is 8.00. The first kappa shape index (κ1) is 14.2. The first-order valence-electron chi connectivity index (χ1n) is 6.95. The minimum atomic E-state index is -0.371. The van der Waals surface area contributed by atoms with Crippen LogP contribution in [-0.2, 0) is 14.1 Å². The molecule has 8 heteroatoms. The average Bonchev–Trinajstić information content (AvgIpc) is 3.08. The van der Waals surface area contributed by atoms with E-state index in [-0.39, 0.29) is 16.0 Å². The van der Waals surface area contributed by atoms with E-state index in [4.69, 9.17) is 0 Å². The topological polar surface area (TPSA) is 84.7 Å². The molecule has 1 fully saturated rings. The van der Waals surface area contributed by atoms with E-state index in [2.05, 4.69) is 22.2 Å². The molecule has 0 spiro atoms. The number of aromatic nitrogens is 4. The Morgan fingerprint density at radius 1 is 1.38 bits per heavy atom. The summed E-state index contributed by atoms with van der Waals surface area (Å²) >= 11 is 1.96. The van der Waals surface area contributed by atoms with E-state index in [0.29, 0.717) is 17.1 Å². The van der Waals surface area contributed by atoms with Gasteiger partial charge in [0.25, 0.3) is 5.56 Å². The van der Waals surface area contributed by atoms with Crippen LogP contribution in [0.4, 0.5) is 5.95 Å². The molecule has 2 N–H and O–H groups in total. The molecular weight excluding hydrogens is 290 g/mol. The molecule has 2 aromatic rings. The van der Waals surface area contributed by atoms with E-state index >= 15 is 0 Å². The maximum Gasteiger partial charge on any atom is 0.332 e. The molecule has 1 aliphatic rings. The Hall–Kier alpha value is -1.70. The van der Waals surface area contributed by atoms with Gasteiger partial charge in [-0.2, -0.15) is 16.7 Å². The summed E-state index contributed by atoms with van der Waals surface area (Å²) in [7, 11) is 3.08. The molecule has 0 amide bonds. The molecule has 0 saturated carbocycles. The van der Waals surface area contributed by atoms with Crippen molar-refractivity contribution in [2.24, 2.45) is 14.1 Å². The van der Waals surface area contributed by atoms with Crippen LogP contribution in [0.3, 0.4) is 0 Å². The van der Waals surface area contributed by atoms with Crippen LogP contribution >= 0.6 is 11.8 Å².